The van der Waals surface area contributed by atoms with Gasteiger partial charge in [-0.1, -0.05) is 18.2 Å². The Balaban J connectivity index is 2.37. The molecule has 0 aliphatic heterocycles. The molecule has 0 N–H and O–H groups in total. The Bertz CT molecular complexity index is 793. The first kappa shape index (κ1) is 14.0. The lowest BCUT2D eigenvalue weighted by atomic mass is 10.2. The van der Waals surface area contributed by atoms with Crippen molar-refractivity contribution in [3.05, 3.63) is 53.9 Å². The van der Waals surface area contributed by atoms with Crippen LogP contribution in [0.5, 0.6) is 5.75 Å². The van der Waals surface area contributed by atoms with Crippen molar-refractivity contribution >= 4 is 22.6 Å². The maximum atomic E-state index is 6.34. The van der Waals surface area contributed by atoms with Gasteiger partial charge in [-0.05, 0) is 37.6 Å². The van der Waals surface area contributed by atoms with E-state index in [9.17, 15) is 0 Å². The van der Waals surface area contributed by atoms with Crippen LogP contribution in [0, 0.1) is 6.92 Å². The molecule has 0 spiro atoms. The minimum atomic E-state index is -0.178. The number of fused-ring (bicyclic) bond motifs is 1. The molecule has 1 atom stereocenters. The number of nitrogens with zero attached hydrogens (tertiary/aromatic N) is 2. The van der Waals surface area contributed by atoms with E-state index in [1.54, 1.807) is 7.11 Å². The van der Waals surface area contributed by atoms with Crippen molar-refractivity contribution in [2.45, 2.75) is 19.2 Å². The Morgan fingerprint density at radius 2 is 1.95 bits per heavy atom. The number of imidazole rings is 1. The largest absolute Gasteiger partial charge is 0.497 e. The zero-order valence-corrected chi connectivity index (χ0v) is 13.1. The number of para-hydroxylation sites is 1. The molecule has 2 aromatic carbocycles. The SMILES string of the molecule is COc1ccc2nc(C(C)Cl)n(-c3ccccc3C)c2c1. The summed E-state index contributed by atoms with van der Waals surface area (Å²) in [7, 11) is 1.67. The van der Waals surface area contributed by atoms with E-state index in [4.69, 9.17) is 16.3 Å². The van der Waals surface area contributed by atoms with Gasteiger partial charge >= 0.3 is 0 Å². The average molecular weight is 301 g/mol. The second-order valence-electron chi connectivity index (χ2n) is 5.06. The van der Waals surface area contributed by atoms with E-state index >= 15 is 0 Å². The van der Waals surface area contributed by atoms with Gasteiger partial charge in [0.15, 0.2) is 0 Å². The van der Waals surface area contributed by atoms with Crippen LogP contribution >= 0.6 is 11.6 Å². The molecule has 0 bridgehead atoms. The molecule has 21 heavy (non-hydrogen) atoms. The first-order valence-electron chi connectivity index (χ1n) is 6.88. The highest BCUT2D eigenvalue weighted by Gasteiger charge is 2.17. The Hall–Kier alpha value is -2.00. The van der Waals surface area contributed by atoms with E-state index in [0.29, 0.717) is 0 Å². The second-order valence-corrected chi connectivity index (χ2v) is 5.72. The van der Waals surface area contributed by atoms with Crippen LogP contribution in [0.1, 0.15) is 23.7 Å². The van der Waals surface area contributed by atoms with Crippen molar-refractivity contribution in [2.24, 2.45) is 0 Å². The number of hydrogen-bond acceptors (Lipinski definition) is 2. The zero-order valence-electron chi connectivity index (χ0n) is 12.3. The van der Waals surface area contributed by atoms with Crippen LogP contribution < -0.4 is 4.74 Å². The lowest BCUT2D eigenvalue weighted by Gasteiger charge is -2.13. The summed E-state index contributed by atoms with van der Waals surface area (Å²) in [4.78, 5) is 4.68. The third-order valence-electron chi connectivity index (χ3n) is 3.60. The molecule has 0 amide bonds. The molecular weight excluding hydrogens is 284 g/mol. The lowest BCUT2D eigenvalue weighted by molar-refractivity contribution is 0.415. The Labute approximate surface area is 129 Å². The summed E-state index contributed by atoms with van der Waals surface area (Å²) in [6, 6.07) is 14.1. The highest BCUT2D eigenvalue weighted by atomic mass is 35.5. The molecule has 1 unspecified atom stereocenters. The van der Waals surface area contributed by atoms with Gasteiger partial charge in [0.25, 0.3) is 0 Å². The van der Waals surface area contributed by atoms with Gasteiger partial charge in [-0.3, -0.25) is 4.57 Å². The fourth-order valence-corrected chi connectivity index (χ4v) is 2.68. The van der Waals surface area contributed by atoms with Gasteiger partial charge in [0.1, 0.15) is 11.6 Å². The number of methoxy groups -OCH3 is 1. The smallest absolute Gasteiger partial charge is 0.132 e. The number of halogens is 1. The average Bonchev–Trinajstić information content (AvgIpc) is 2.86. The summed E-state index contributed by atoms with van der Waals surface area (Å²) in [5, 5.41) is -0.178. The minimum Gasteiger partial charge on any atom is -0.497 e. The standard InChI is InChI=1S/C17H17ClN2O/c1-11-6-4-5-7-15(11)20-16-10-13(21-3)8-9-14(16)19-17(20)12(2)18/h4-10,12H,1-3H3. The van der Waals surface area contributed by atoms with Crippen LogP contribution in [0.2, 0.25) is 0 Å². The minimum absolute atomic E-state index is 0.178. The topological polar surface area (TPSA) is 27.1 Å². The van der Waals surface area contributed by atoms with Crippen molar-refractivity contribution in [3.8, 4) is 11.4 Å². The van der Waals surface area contributed by atoms with Gasteiger partial charge in [-0.15, -0.1) is 11.6 Å². The van der Waals surface area contributed by atoms with E-state index in [1.165, 1.54) is 5.56 Å². The van der Waals surface area contributed by atoms with E-state index in [-0.39, 0.29) is 5.38 Å². The number of ether oxygens (including phenoxy) is 1. The molecule has 4 heteroatoms. The van der Waals surface area contributed by atoms with Crippen molar-refractivity contribution in [1.29, 1.82) is 0 Å². The molecule has 3 nitrogen and oxygen atoms in total. The van der Waals surface area contributed by atoms with E-state index in [0.717, 1.165) is 28.3 Å². The summed E-state index contributed by atoms with van der Waals surface area (Å²) in [6.07, 6.45) is 0. The van der Waals surface area contributed by atoms with E-state index in [2.05, 4.69) is 28.6 Å². The van der Waals surface area contributed by atoms with Crippen molar-refractivity contribution in [3.63, 3.8) is 0 Å². The summed E-state index contributed by atoms with van der Waals surface area (Å²) >= 11 is 6.34. The summed E-state index contributed by atoms with van der Waals surface area (Å²) < 4.78 is 7.45. The number of hydrogen-bond donors (Lipinski definition) is 0. The summed E-state index contributed by atoms with van der Waals surface area (Å²) in [5.74, 6) is 1.65. The Morgan fingerprint density at radius 3 is 2.62 bits per heavy atom. The van der Waals surface area contributed by atoms with Crippen LogP contribution in [0.3, 0.4) is 0 Å². The van der Waals surface area contributed by atoms with Crippen molar-refractivity contribution in [2.75, 3.05) is 7.11 Å². The van der Waals surface area contributed by atoms with Crippen LogP contribution in [-0.2, 0) is 0 Å². The first-order valence-corrected chi connectivity index (χ1v) is 7.32. The molecule has 1 aromatic heterocycles. The van der Waals surface area contributed by atoms with Crippen molar-refractivity contribution < 1.29 is 4.74 Å². The fourth-order valence-electron chi connectivity index (χ4n) is 2.54. The fraction of sp³-hybridized carbons (Fsp3) is 0.235. The number of rotatable bonds is 3. The second kappa shape index (κ2) is 5.41. The molecule has 0 saturated heterocycles. The highest BCUT2D eigenvalue weighted by molar-refractivity contribution is 6.20. The number of aryl methyl sites for hydroxylation is 1. The maximum absolute atomic E-state index is 6.34. The Morgan fingerprint density at radius 1 is 1.19 bits per heavy atom. The number of aromatic nitrogens is 2. The monoisotopic (exact) mass is 300 g/mol. The van der Waals surface area contributed by atoms with Gasteiger partial charge in [0.05, 0.1) is 29.2 Å². The molecule has 0 aliphatic rings. The molecule has 0 aliphatic carbocycles. The van der Waals surface area contributed by atoms with Gasteiger partial charge in [-0.25, -0.2) is 4.98 Å². The van der Waals surface area contributed by atoms with Gasteiger partial charge < -0.3 is 4.74 Å². The predicted molar refractivity (Wildman–Crippen MR) is 86.6 cm³/mol. The van der Waals surface area contributed by atoms with Crippen LogP contribution in [-0.4, -0.2) is 16.7 Å². The van der Waals surface area contributed by atoms with Crippen molar-refractivity contribution in [1.82, 2.24) is 9.55 Å². The van der Waals surface area contributed by atoms with Gasteiger partial charge in [0.2, 0.25) is 0 Å². The zero-order chi connectivity index (χ0) is 15.0. The van der Waals surface area contributed by atoms with E-state index in [1.807, 2.05) is 37.3 Å². The molecule has 108 valence electrons. The molecule has 0 radical (unpaired) electrons. The highest BCUT2D eigenvalue weighted by Crippen LogP contribution is 2.31. The van der Waals surface area contributed by atoms with Crippen LogP contribution in [0.4, 0.5) is 0 Å². The van der Waals surface area contributed by atoms with Gasteiger partial charge in [-0.2, -0.15) is 0 Å². The molecular formula is C17H17ClN2O. The number of benzene rings is 2. The van der Waals surface area contributed by atoms with Gasteiger partial charge in [0, 0.05) is 6.07 Å². The third-order valence-corrected chi connectivity index (χ3v) is 3.79. The quantitative estimate of drug-likeness (QED) is 0.659. The van der Waals surface area contributed by atoms with E-state index < -0.39 is 0 Å². The molecule has 3 rings (SSSR count). The third kappa shape index (κ3) is 2.38. The summed E-state index contributed by atoms with van der Waals surface area (Å²) in [5.41, 5.74) is 4.20. The summed E-state index contributed by atoms with van der Waals surface area (Å²) in [6.45, 7) is 4.03. The molecule has 1 heterocycles. The normalized spacial score (nSPS) is 12.6. The Kier molecular flexibility index (Phi) is 3.60. The van der Waals surface area contributed by atoms with Crippen LogP contribution in [0.15, 0.2) is 42.5 Å². The molecule has 0 saturated carbocycles. The predicted octanol–water partition coefficient (Wildman–Crippen LogP) is 4.64. The van der Waals surface area contributed by atoms with Crippen LogP contribution in [0.25, 0.3) is 16.7 Å². The maximum Gasteiger partial charge on any atom is 0.132 e. The lowest BCUT2D eigenvalue weighted by Crippen LogP contribution is -2.03. The first-order chi connectivity index (χ1) is 10.1. The molecule has 3 aromatic rings. The number of alkyl halides is 1. The molecule has 0 fully saturated rings.